The SMILES string of the molecule is CN=C(NCC(c1ccccc1)N1CCOCC1)NCC1(C)CCCS1.I. The summed E-state index contributed by atoms with van der Waals surface area (Å²) in [6.45, 7) is 7.73. The normalized spacial score (nSPS) is 24.9. The molecule has 1 aromatic rings. The molecule has 2 unspecified atom stereocenters. The average molecular weight is 504 g/mol. The molecule has 2 aliphatic rings. The van der Waals surface area contributed by atoms with Crippen molar-refractivity contribution in [1.82, 2.24) is 15.5 Å². The van der Waals surface area contributed by atoms with Crippen LogP contribution in [-0.4, -0.2) is 67.8 Å². The van der Waals surface area contributed by atoms with Crippen LogP contribution in [-0.2, 0) is 4.74 Å². The molecule has 2 fully saturated rings. The number of halogens is 1. The first-order valence-corrected chi connectivity index (χ1v) is 10.6. The van der Waals surface area contributed by atoms with Crippen LogP contribution in [0.5, 0.6) is 0 Å². The molecular weight excluding hydrogens is 471 g/mol. The van der Waals surface area contributed by atoms with Gasteiger partial charge in [-0.3, -0.25) is 9.89 Å². The number of guanidine groups is 1. The van der Waals surface area contributed by atoms with Crippen molar-refractivity contribution in [3.63, 3.8) is 0 Å². The fourth-order valence-corrected chi connectivity index (χ4v) is 4.93. The zero-order chi connectivity index (χ0) is 18.2. The number of rotatable bonds is 6. The molecule has 0 amide bonds. The smallest absolute Gasteiger partial charge is 0.191 e. The minimum absolute atomic E-state index is 0. The van der Waals surface area contributed by atoms with E-state index in [2.05, 4.69) is 69.5 Å². The number of thioether (sulfide) groups is 1. The standard InChI is InChI=1S/C20H32N4OS.HI/c1-20(9-6-14-26-20)16-23-19(21-2)22-15-18(17-7-4-3-5-8-17)24-10-12-25-13-11-24;/h3-5,7-8,18H,6,9-16H2,1-2H3,(H2,21,22,23);1H. The quantitative estimate of drug-likeness (QED) is 0.354. The van der Waals surface area contributed by atoms with Crippen LogP contribution in [0.15, 0.2) is 35.3 Å². The third-order valence-corrected chi connectivity index (χ3v) is 6.83. The highest BCUT2D eigenvalue weighted by Crippen LogP contribution is 2.36. The number of morpholine rings is 1. The second-order valence-corrected chi connectivity index (χ2v) is 8.97. The Bertz CT molecular complexity index is 575. The van der Waals surface area contributed by atoms with Crippen molar-refractivity contribution in [2.45, 2.75) is 30.6 Å². The van der Waals surface area contributed by atoms with Crippen molar-refractivity contribution < 1.29 is 4.74 Å². The number of nitrogens with one attached hydrogen (secondary N) is 2. The van der Waals surface area contributed by atoms with Gasteiger partial charge in [-0.2, -0.15) is 11.8 Å². The molecule has 2 aliphatic heterocycles. The van der Waals surface area contributed by atoms with Crippen LogP contribution in [0.2, 0.25) is 0 Å². The highest BCUT2D eigenvalue weighted by atomic mass is 127. The Morgan fingerprint density at radius 1 is 1.26 bits per heavy atom. The first-order chi connectivity index (χ1) is 12.7. The lowest BCUT2D eigenvalue weighted by atomic mass is 10.0. The molecular formula is C20H33IN4OS. The molecule has 2 atom stereocenters. The maximum Gasteiger partial charge on any atom is 0.191 e. The molecule has 7 heteroatoms. The lowest BCUT2D eigenvalue weighted by molar-refractivity contribution is 0.0170. The molecule has 5 nitrogen and oxygen atoms in total. The van der Waals surface area contributed by atoms with Gasteiger partial charge in [-0.15, -0.1) is 24.0 Å². The number of nitrogens with zero attached hydrogens (tertiary/aromatic N) is 2. The van der Waals surface area contributed by atoms with Crippen molar-refractivity contribution in [3.05, 3.63) is 35.9 Å². The summed E-state index contributed by atoms with van der Waals surface area (Å²) in [5, 5.41) is 7.09. The Hall–Kier alpha value is -0.510. The van der Waals surface area contributed by atoms with E-state index in [9.17, 15) is 0 Å². The molecule has 0 radical (unpaired) electrons. The summed E-state index contributed by atoms with van der Waals surface area (Å²) in [6.07, 6.45) is 2.60. The van der Waals surface area contributed by atoms with Gasteiger partial charge >= 0.3 is 0 Å². The van der Waals surface area contributed by atoms with Crippen molar-refractivity contribution in [1.29, 1.82) is 0 Å². The van der Waals surface area contributed by atoms with E-state index < -0.39 is 0 Å². The number of ether oxygens (including phenoxy) is 1. The van der Waals surface area contributed by atoms with Gasteiger partial charge in [0.2, 0.25) is 0 Å². The van der Waals surface area contributed by atoms with Crippen molar-refractivity contribution in [3.8, 4) is 0 Å². The molecule has 3 rings (SSSR count). The average Bonchev–Trinajstić information content (AvgIpc) is 3.13. The van der Waals surface area contributed by atoms with Crippen LogP contribution in [0.1, 0.15) is 31.4 Å². The van der Waals surface area contributed by atoms with E-state index in [4.69, 9.17) is 4.74 Å². The Morgan fingerprint density at radius 2 is 2.00 bits per heavy atom. The van der Waals surface area contributed by atoms with E-state index in [-0.39, 0.29) is 24.0 Å². The van der Waals surface area contributed by atoms with E-state index in [1.54, 1.807) is 0 Å². The zero-order valence-electron chi connectivity index (χ0n) is 16.4. The first-order valence-electron chi connectivity index (χ1n) is 9.65. The van der Waals surface area contributed by atoms with E-state index in [1.165, 1.54) is 24.2 Å². The van der Waals surface area contributed by atoms with Crippen LogP contribution in [0.25, 0.3) is 0 Å². The summed E-state index contributed by atoms with van der Waals surface area (Å²) in [4.78, 5) is 6.94. The van der Waals surface area contributed by atoms with Crippen molar-refractivity contribution in [2.75, 3.05) is 52.2 Å². The Balaban J connectivity index is 0.00000261. The minimum atomic E-state index is 0. The highest BCUT2D eigenvalue weighted by molar-refractivity contribution is 14.0. The van der Waals surface area contributed by atoms with Gasteiger partial charge in [0, 0.05) is 38.0 Å². The van der Waals surface area contributed by atoms with Crippen LogP contribution in [0.3, 0.4) is 0 Å². The molecule has 0 aliphatic carbocycles. The predicted octanol–water partition coefficient (Wildman–Crippen LogP) is 3.13. The molecule has 0 spiro atoms. The fourth-order valence-electron chi connectivity index (χ4n) is 3.68. The molecule has 27 heavy (non-hydrogen) atoms. The van der Waals surface area contributed by atoms with Gasteiger partial charge < -0.3 is 15.4 Å². The number of aliphatic imine (C=N–C) groups is 1. The lowest BCUT2D eigenvalue weighted by Crippen LogP contribution is -2.48. The molecule has 2 saturated heterocycles. The molecule has 2 heterocycles. The van der Waals surface area contributed by atoms with Gasteiger partial charge in [0.25, 0.3) is 0 Å². The van der Waals surface area contributed by atoms with Crippen LogP contribution >= 0.6 is 35.7 Å². The van der Waals surface area contributed by atoms with Gasteiger partial charge in [-0.1, -0.05) is 30.3 Å². The number of hydrogen-bond donors (Lipinski definition) is 2. The van der Waals surface area contributed by atoms with Crippen LogP contribution in [0, 0.1) is 0 Å². The van der Waals surface area contributed by atoms with Gasteiger partial charge in [0.15, 0.2) is 5.96 Å². The molecule has 2 N–H and O–H groups in total. The van der Waals surface area contributed by atoms with Crippen LogP contribution in [0.4, 0.5) is 0 Å². The summed E-state index contributed by atoms with van der Waals surface area (Å²) in [5.74, 6) is 2.17. The zero-order valence-corrected chi connectivity index (χ0v) is 19.6. The monoisotopic (exact) mass is 504 g/mol. The predicted molar refractivity (Wildman–Crippen MR) is 126 cm³/mol. The Morgan fingerprint density at radius 3 is 2.63 bits per heavy atom. The summed E-state index contributed by atoms with van der Waals surface area (Å²) in [7, 11) is 1.85. The summed E-state index contributed by atoms with van der Waals surface area (Å²) in [5.41, 5.74) is 1.34. The van der Waals surface area contributed by atoms with Gasteiger partial charge in [0.1, 0.15) is 0 Å². The van der Waals surface area contributed by atoms with Crippen molar-refractivity contribution in [2.24, 2.45) is 4.99 Å². The number of hydrogen-bond acceptors (Lipinski definition) is 4. The van der Waals surface area contributed by atoms with E-state index in [0.717, 1.165) is 45.4 Å². The summed E-state index contributed by atoms with van der Waals surface area (Å²) in [6, 6.07) is 11.1. The van der Waals surface area contributed by atoms with Gasteiger partial charge in [0.05, 0.1) is 19.3 Å². The molecule has 1 aromatic carbocycles. The number of benzene rings is 1. The van der Waals surface area contributed by atoms with Gasteiger partial charge in [-0.25, -0.2) is 0 Å². The largest absolute Gasteiger partial charge is 0.379 e. The summed E-state index contributed by atoms with van der Waals surface area (Å²) >= 11 is 2.07. The first kappa shape index (κ1) is 22.8. The third-order valence-electron chi connectivity index (χ3n) is 5.29. The fraction of sp³-hybridized carbons (Fsp3) is 0.650. The topological polar surface area (TPSA) is 48.9 Å². The summed E-state index contributed by atoms with van der Waals surface area (Å²) < 4.78 is 5.87. The van der Waals surface area contributed by atoms with Crippen LogP contribution < -0.4 is 10.6 Å². The Kier molecular flexibility index (Phi) is 9.69. The molecule has 0 aromatic heterocycles. The van der Waals surface area contributed by atoms with E-state index in [0.29, 0.717) is 10.8 Å². The maximum atomic E-state index is 5.54. The Labute approximate surface area is 185 Å². The van der Waals surface area contributed by atoms with E-state index >= 15 is 0 Å². The third kappa shape index (κ3) is 6.80. The van der Waals surface area contributed by atoms with Gasteiger partial charge in [-0.05, 0) is 31.1 Å². The van der Waals surface area contributed by atoms with E-state index in [1.807, 2.05) is 7.05 Å². The second-order valence-electron chi connectivity index (χ2n) is 7.28. The maximum absolute atomic E-state index is 5.54. The lowest BCUT2D eigenvalue weighted by Gasteiger charge is -2.35. The minimum Gasteiger partial charge on any atom is -0.379 e. The molecule has 0 bridgehead atoms. The van der Waals surface area contributed by atoms with Crippen molar-refractivity contribution >= 4 is 41.7 Å². The highest BCUT2D eigenvalue weighted by Gasteiger charge is 2.29. The second kappa shape index (κ2) is 11.5. The molecule has 152 valence electrons. The molecule has 0 saturated carbocycles.